The molecule has 10 heteroatoms. The maximum absolute atomic E-state index is 14.2. The van der Waals surface area contributed by atoms with Gasteiger partial charge in [0.15, 0.2) is 11.5 Å². The van der Waals surface area contributed by atoms with E-state index in [0.29, 0.717) is 30.2 Å². The molecule has 0 saturated carbocycles. The second-order valence-electron chi connectivity index (χ2n) is 10.1. The van der Waals surface area contributed by atoms with Gasteiger partial charge >= 0.3 is 0 Å². The van der Waals surface area contributed by atoms with Crippen molar-refractivity contribution in [1.82, 2.24) is 25.2 Å². The van der Waals surface area contributed by atoms with Gasteiger partial charge in [0.1, 0.15) is 18.1 Å². The van der Waals surface area contributed by atoms with Crippen LogP contribution >= 0.6 is 0 Å². The minimum absolute atomic E-state index is 0.0269. The van der Waals surface area contributed by atoms with Crippen LogP contribution in [0.3, 0.4) is 0 Å². The average Bonchev–Trinajstić information content (AvgIpc) is 3.74. The standard InChI is InChI=1S/C30H31N5O5/c1-20-7-2-3-9-23(20)29(30(37)31-16-22-8-6-14-38-22)34(17-21-12-13-26-27(15-21)40-19-39-26)28(36)18-35-25-11-5-4-10-24(25)32-33-35/h2-5,7,9-13,15,22,29H,6,8,14,16-19H2,1H3,(H,31,37). The lowest BCUT2D eigenvalue weighted by Gasteiger charge is -2.32. The zero-order valence-corrected chi connectivity index (χ0v) is 22.3. The van der Waals surface area contributed by atoms with Crippen molar-refractivity contribution in [1.29, 1.82) is 0 Å². The number of fused-ring (bicyclic) bond motifs is 2. The highest BCUT2D eigenvalue weighted by Gasteiger charge is 2.34. The predicted molar refractivity (Wildman–Crippen MR) is 147 cm³/mol. The van der Waals surface area contributed by atoms with E-state index in [1.165, 1.54) is 0 Å². The molecule has 206 valence electrons. The number of hydrogen-bond acceptors (Lipinski definition) is 7. The molecule has 3 heterocycles. The Morgan fingerprint density at radius 3 is 2.75 bits per heavy atom. The van der Waals surface area contributed by atoms with Crippen molar-refractivity contribution >= 4 is 22.8 Å². The molecule has 10 nitrogen and oxygen atoms in total. The lowest BCUT2D eigenvalue weighted by molar-refractivity contribution is -0.142. The van der Waals surface area contributed by atoms with Crippen LogP contribution in [-0.2, 0) is 27.4 Å². The molecule has 1 N–H and O–H groups in total. The molecule has 2 aliphatic heterocycles. The van der Waals surface area contributed by atoms with E-state index >= 15 is 0 Å². The van der Waals surface area contributed by atoms with Gasteiger partial charge in [0.25, 0.3) is 0 Å². The number of para-hydroxylation sites is 1. The number of rotatable bonds is 9. The summed E-state index contributed by atoms with van der Waals surface area (Å²) in [6.07, 6.45) is 1.85. The van der Waals surface area contributed by atoms with Gasteiger partial charge in [-0.05, 0) is 60.7 Å². The van der Waals surface area contributed by atoms with Crippen molar-refractivity contribution in [2.24, 2.45) is 0 Å². The van der Waals surface area contributed by atoms with Crippen molar-refractivity contribution in [3.8, 4) is 11.5 Å². The largest absolute Gasteiger partial charge is 0.454 e. The SMILES string of the molecule is Cc1ccccc1C(C(=O)NCC1CCCO1)N(Cc1ccc2c(c1)OCO2)C(=O)Cn1nnc2ccccc21. The van der Waals surface area contributed by atoms with Crippen molar-refractivity contribution in [3.63, 3.8) is 0 Å². The number of hydrogen-bond donors (Lipinski definition) is 1. The molecule has 0 spiro atoms. The van der Waals surface area contributed by atoms with Crippen LogP contribution in [0.5, 0.6) is 11.5 Å². The minimum atomic E-state index is -0.879. The first kappa shape index (κ1) is 25.8. The van der Waals surface area contributed by atoms with Crippen LogP contribution in [0.1, 0.15) is 35.6 Å². The Balaban J connectivity index is 1.36. The lowest BCUT2D eigenvalue weighted by Crippen LogP contribution is -2.46. The van der Waals surface area contributed by atoms with E-state index in [9.17, 15) is 9.59 Å². The predicted octanol–water partition coefficient (Wildman–Crippen LogP) is 3.53. The Kier molecular flexibility index (Phi) is 7.33. The van der Waals surface area contributed by atoms with Crippen molar-refractivity contribution in [3.05, 3.63) is 83.4 Å². The number of carbonyl (C=O) groups excluding carboxylic acids is 2. The fourth-order valence-corrected chi connectivity index (χ4v) is 5.27. The van der Waals surface area contributed by atoms with Crippen LogP contribution in [-0.4, -0.2) is 57.8 Å². The van der Waals surface area contributed by atoms with E-state index in [1.807, 2.05) is 73.7 Å². The van der Waals surface area contributed by atoms with Crippen LogP contribution in [0.15, 0.2) is 66.7 Å². The van der Waals surface area contributed by atoms with Gasteiger partial charge in [0, 0.05) is 19.7 Å². The van der Waals surface area contributed by atoms with Crippen LogP contribution in [0.4, 0.5) is 0 Å². The maximum Gasteiger partial charge on any atom is 0.247 e. The Morgan fingerprint density at radius 2 is 1.90 bits per heavy atom. The molecule has 2 aliphatic rings. The van der Waals surface area contributed by atoms with Gasteiger partial charge in [0.2, 0.25) is 18.6 Å². The molecule has 1 aromatic heterocycles. The summed E-state index contributed by atoms with van der Waals surface area (Å²) in [4.78, 5) is 29.7. The number of aryl methyl sites for hydroxylation is 1. The van der Waals surface area contributed by atoms with Crippen LogP contribution in [0.25, 0.3) is 11.0 Å². The lowest BCUT2D eigenvalue weighted by atomic mass is 9.98. The molecule has 1 saturated heterocycles. The molecular formula is C30H31N5O5. The van der Waals surface area contributed by atoms with E-state index in [2.05, 4.69) is 15.6 Å². The molecule has 0 bridgehead atoms. The number of amides is 2. The van der Waals surface area contributed by atoms with Gasteiger partial charge in [0.05, 0.1) is 11.6 Å². The van der Waals surface area contributed by atoms with Crippen LogP contribution < -0.4 is 14.8 Å². The van der Waals surface area contributed by atoms with E-state index in [1.54, 1.807) is 9.58 Å². The van der Waals surface area contributed by atoms with E-state index in [4.69, 9.17) is 14.2 Å². The second kappa shape index (κ2) is 11.4. The van der Waals surface area contributed by atoms with Crippen molar-refractivity contribution < 1.29 is 23.8 Å². The Hall–Kier alpha value is -4.44. The molecule has 0 radical (unpaired) electrons. The molecule has 40 heavy (non-hydrogen) atoms. The highest BCUT2D eigenvalue weighted by Crippen LogP contribution is 2.34. The zero-order valence-electron chi connectivity index (χ0n) is 22.3. The summed E-state index contributed by atoms with van der Waals surface area (Å²) in [5, 5.41) is 11.5. The second-order valence-corrected chi connectivity index (χ2v) is 10.1. The maximum atomic E-state index is 14.2. The molecule has 2 amide bonds. The summed E-state index contributed by atoms with van der Waals surface area (Å²) in [6, 6.07) is 19.8. The highest BCUT2D eigenvalue weighted by atomic mass is 16.7. The quantitative estimate of drug-likeness (QED) is 0.345. The molecule has 2 unspecified atom stereocenters. The first-order valence-electron chi connectivity index (χ1n) is 13.5. The third kappa shape index (κ3) is 5.35. The third-order valence-corrected chi connectivity index (χ3v) is 7.39. The number of nitrogens with one attached hydrogen (secondary N) is 1. The van der Waals surface area contributed by atoms with Gasteiger partial charge < -0.3 is 24.4 Å². The number of benzene rings is 3. The number of ether oxygens (including phenoxy) is 3. The fourth-order valence-electron chi connectivity index (χ4n) is 5.27. The number of carbonyl (C=O) groups is 2. The summed E-state index contributed by atoms with van der Waals surface area (Å²) >= 11 is 0. The van der Waals surface area contributed by atoms with Crippen LogP contribution in [0.2, 0.25) is 0 Å². The first-order chi connectivity index (χ1) is 19.6. The number of aromatic nitrogens is 3. The zero-order chi connectivity index (χ0) is 27.5. The number of nitrogens with zero attached hydrogens (tertiary/aromatic N) is 4. The van der Waals surface area contributed by atoms with E-state index in [0.717, 1.165) is 35.0 Å². The summed E-state index contributed by atoms with van der Waals surface area (Å²) in [5.41, 5.74) is 3.92. The molecule has 2 atom stereocenters. The van der Waals surface area contributed by atoms with Crippen LogP contribution in [0, 0.1) is 6.92 Å². The summed E-state index contributed by atoms with van der Waals surface area (Å²) in [5.74, 6) is 0.735. The molecule has 4 aromatic rings. The summed E-state index contributed by atoms with van der Waals surface area (Å²) in [6.45, 7) is 3.28. The Bertz CT molecular complexity index is 1530. The minimum Gasteiger partial charge on any atom is -0.454 e. The van der Waals surface area contributed by atoms with Crippen molar-refractivity contribution in [2.45, 2.75) is 45.0 Å². The van der Waals surface area contributed by atoms with Gasteiger partial charge in [-0.2, -0.15) is 0 Å². The first-order valence-corrected chi connectivity index (χ1v) is 13.5. The third-order valence-electron chi connectivity index (χ3n) is 7.39. The highest BCUT2D eigenvalue weighted by molar-refractivity contribution is 5.89. The average molecular weight is 542 g/mol. The smallest absolute Gasteiger partial charge is 0.247 e. The summed E-state index contributed by atoms with van der Waals surface area (Å²) in [7, 11) is 0. The summed E-state index contributed by atoms with van der Waals surface area (Å²) < 4.78 is 18.4. The normalized spacial score (nSPS) is 16.7. The van der Waals surface area contributed by atoms with Gasteiger partial charge in [-0.15, -0.1) is 5.10 Å². The molecule has 6 rings (SSSR count). The molecule has 0 aliphatic carbocycles. The van der Waals surface area contributed by atoms with E-state index < -0.39 is 6.04 Å². The fraction of sp³-hybridized carbons (Fsp3) is 0.333. The molecule has 3 aromatic carbocycles. The Labute approximate surface area is 231 Å². The van der Waals surface area contributed by atoms with Gasteiger partial charge in [-0.25, -0.2) is 4.68 Å². The van der Waals surface area contributed by atoms with Crippen molar-refractivity contribution in [2.75, 3.05) is 19.9 Å². The molecular weight excluding hydrogens is 510 g/mol. The van der Waals surface area contributed by atoms with E-state index in [-0.39, 0.29) is 37.8 Å². The molecule has 1 fully saturated rings. The van der Waals surface area contributed by atoms with Gasteiger partial charge in [-0.1, -0.05) is 47.7 Å². The van der Waals surface area contributed by atoms with Gasteiger partial charge in [-0.3, -0.25) is 9.59 Å². The monoisotopic (exact) mass is 541 g/mol. The topological polar surface area (TPSA) is 108 Å². The Morgan fingerprint density at radius 1 is 1.07 bits per heavy atom.